The zero-order valence-corrected chi connectivity index (χ0v) is 9.51. The monoisotopic (exact) mass is 245 g/mol. The molecule has 1 amide bonds. The van der Waals surface area contributed by atoms with E-state index in [9.17, 15) is 4.79 Å². The largest absolute Gasteiger partial charge is 0.309 e. The average Bonchev–Trinajstić information content (AvgIpc) is 2.91. The van der Waals surface area contributed by atoms with Gasteiger partial charge in [-0.3, -0.25) is 4.79 Å². The quantitative estimate of drug-likeness (QED) is 0.815. The minimum Gasteiger partial charge on any atom is -0.309 e. The van der Waals surface area contributed by atoms with Crippen molar-refractivity contribution in [3.05, 3.63) is 16.5 Å². The molecule has 2 rings (SSSR count). The molecule has 15 heavy (non-hydrogen) atoms. The van der Waals surface area contributed by atoms with Gasteiger partial charge < -0.3 is 5.32 Å². The minimum atomic E-state index is -0.0563. The summed E-state index contributed by atoms with van der Waals surface area (Å²) in [6, 6.07) is 0. The maximum Gasteiger partial charge on any atom is 0.228 e. The molecule has 0 aromatic carbocycles. The Morgan fingerprint density at radius 3 is 2.80 bits per heavy atom. The summed E-state index contributed by atoms with van der Waals surface area (Å²) in [5.74, 6) is 0.746. The summed E-state index contributed by atoms with van der Waals surface area (Å²) < 4.78 is 0. The van der Waals surface area contributed by atoms with Crippen LogP contribution in [0.2, 0.25) is 10.2 Å². The highest BCUT2D eigenvalue weighted by molar-refractivity contribution is 6.42. The molecular weight excluding hydrogens is 237 g/mol. The highest BCUT2D eigenvalue weighted by Gasteiger charge is 2.39. The lowest BCUT2D eigenvalue weighted by Crippen LogP contribution is -2.15. The molecule has 1 aliphatic rings. The van der Waals surface area contributed by atoms with Crippen LogP contribution in [0.3, 0.4) is 0 Å². The van der Waals surface area contributed by atoms with E-state index in [-0.39, 0.29) is 27.8 Å². The van der Waals surface area contributed by atoms with Crippen molar-refractivity contribution in [3.63, 3.8) is 0 Å². The van der Waals surface area contributed by atoms with E-state index < -0.39 is 0 Å². The van der Waals surface area contributed by atoms with Crippen LogP contribution in [0.4, 0.5) is 5.82 Å². The van der Waals surface area contributed by atoms with E-state index in [0.29, 0.717) is 5.92 Å². The Kier molecular flexibility index (Phi) is 2.80. The third-order valence-corrected chi connectivity index (χ3v) is 3.18. The average molecular weight is 246 g/mol. The van der Waals surface area contributed by atoms with Gasteiger partial charge >= 0.3 is 0 Å². The van der Waals surface area contributed by atoms with Gasteiger partial charge in [-0.25, -0.2) is 9.97 Å². The van der Waals surface area contributed by atoms with Crippen LogP contribution in [0.15, 0.2) is 6.33 Å². The molecule has 6 heteroatoms. The fraction of sp³-hybridized carbons (Fsp3) is 0.444. The molecule has 0 spiro atoms. The molecule has 2 unspecified atom stereocenters. The number of carbonyl (C=O) groups excluding carboxylic acids is 1. The maximum atomic E-state index is 11.6. The number of rotatable bonds is 2. The van der Waals surface area contributed by atoms with Crippen molar-refractivity contribution >= 4 is 34.9 Å². The van der Waals surface area contributed by atoms with Crippen LogP contribution in [0, 0.1) is 11.8 Å². The molecule has 0 aliphatic heterocycles. The van der Waals surface area contributed by atoms with E-state index in [1.165, 1.54) is 6.33 Å². The Hall–Kier alpha value is -0.870. The summed E-state index contributed by atoms with van der Waals surface area (Å²) in [5, 5.41) is 2.96. The second-order valence-corrected chi connectivity index (χ2v) is 4.37. The summed E-state index contributed by atoms with van der Waals surface area (Å²) in [5.41, 5.74) is 0. The van der Waals surface area contributed by atoms with E-state index in [1.54, 1.807) is 0 Å². The fourth-order valence-corrected chi connectivity index (χ4v) is 1.61. The van der Waals surface area contributed by atoms with Gasteiger partial charge in [0.05, 0.1) is 0 Å². The number of aromatic nitrogens is 2. The molecule has 80 valence electrons. The van der Waals surface area contributed by atoms with Crippen LogP contribution in [0.25, 0.3) is 0 Å². The lowest BCUT2D eigenvalue weighted by atomic mass is 10.3. The molecule has 1 heterocycles. The second-order valence-electron chi connectivity index (χ2n) is 3.64. The number of nitrogens with zero attached hydrogens (tertiary/aromatic N) is 2. The zero-order valence-electron chi connectivity index (χ0n) is 8.00. The van der Waals surface area contributed by atoms with E-state index in [4.69, 9.17) is 23.2 Å². The predicted molar refractivity (Wildman–Crippen MR) is 58.0 cm³/mol. The number of hydrogen-bond acceptors (Lipinski definition) is 3. The summed E-state index contributed by atoms with van der Waals surface area (Å²) in [6.45, 7) is 2.03. The van der Waals surface area contributed by atoms with Gasteiger partial charge in [0.25, 0.3) is 0 Å². The Morgan fingerprint density at radius 1 is 1.53 bits per heavy atom. The Labute approximate surface area is 97.0 Å². The smallest absolute Gasteiger partial charge is 0.228 e. The van der Waals surface area contributed by atoms with Gasteiger partial charge in [0, 0.05) is 5.92 Å². The van der Waals surface area contributed by atoms with Crippen molar-refractivity contribution < 1.29 is 4.79 Å². The Bertz CT molecular complexity index is 410. The van der Waals surface area contributed by atoms with E-state index in [2.05, 4.69) is 15.3 Å². The number of halogens is 2. The van der Waals surface area contributed by atoms with Crippen molar-refractivity contribution in [1.29, 1.82) is 0 Å². The van der Waals surface area contributed by atoms with E-state index >= 15 is 0 Å². The zero-order chi connectivity index (χ0) is 11.0. The van der Waals surface area contributed by atoms with Crippen molar-refractivity contribution in [2.24, 2.45) is 11.8 Å². The van der Waals surface area contributed by atoms with Gasteiger partial charge in [0.2, 0.25) is 5.91 Å². The lowest BCUT2D eigenvalue weighted by molar-refractivity contribution is -0.117. The van der Waals surface area contributed by atoms with Gasteiger partial charge in [0.15, 0.2) is 11.0 Å². The molecular formula is C9H9Cl2N3O. The molecule has 0 saturated heterocycles. The minimum absolute atomic E-state index is 0.0563. The maximum absolute atomic E-state index is 11.6. The first-order chi connectivity index (χ1) is 7.09. The lowest BCUT2D eigenvalue weighted by Gasteiger charge is -2.05. The third-order valence-electron chi connectivity index (χ3n) is 2.43. The SMILES string of the molecule is CC1CC1C(=O)Nc1ncnc(Cl)c1Cl. The van der Waals surface area contributed by atoms with Crippen LogP contribution in [0.5, 0.6) is 0 Å². The second kappa shape index (κ2) is 3.94. The van der Waals surface area contributed by atoms with E-state index in [1.807, 2.05) is 6.92 Å². The molecule has 0 bridgehead atoms. The summed E-state index contributed by atoms with van der Waals surface area (Å²) in [6.07, 6.45) is 2.18. The standard InChI is InChI=1S/C9H9Cl2N3O/c1-4-2-5(4)9(15)14-8-6(10)7(11)12-3-13-8/h3-5H,2H2,1H3,(H,12,13,14,15). The molecule has 1 aromatic heterocycles. The number of amides is 1. The number of anilines is 1. The highest BCUT2D eigenvalue weighted by atomic mass is 35.5. The van der Waals surface area contributed by atoms with Gasteiger partial charge in [-0.15, -0.1) is 0 Å². The molecule has 1 saturated carbocycles. The van der Waals surface area contributed by atoms with Crippen LogP contribution in [-0.2, 0) is 4.79 Å². The number of hydrogen-bond donors (Lipinski definition) is 1. The predicted octanol–water partition coefficient (Wildman–Crippen LogP) is 2.38. The Balaban J connectivity index is 2.10. The molecule has 2 atom stereocenters. The highest BCUT2D eigenvalue weighted by Crippen LogP contribution is 2.39. The third kappa shape index (κ3) is 2.21. The van der Waals surface area contributed by atoms with Gasteiger partial charge in [-0.2, -0.15) is 0 Å². The molecule has 1 aromatic rings. The van der Waals surface area contributed by atoms with Gasteiger partial charge in [-0.05, 0) is 12.3 Å². The molecule has 1 fully saturated rings. The van der Waals surface area contributed by atoms with Crippen LogP contribution in [-0.4, -0.2) is 15.9 Å². The summed E-state index contributed by atoms with van der Waals surface area (Å²) in [7, 11) is 0. The van der Waals surface area contributed by atoms with E-state index in [0.717, 1.165) is 6.42 Å². The van der Waals surface area contributed by atoms with Crippen molar-refractivity contribution in [3.8, 4) is 0 Å². The molecule has 1 N–H and O–H groups in total. The summed E-state index contributed by atoms with van der Waals surface area (Å²) in [4.78, 5) is 19.1. The first kappa shape index (κ1) is 10.6. The first-order valence-corrected chi connectivity index (χ1v) is 5.32. The summed E-state index contributed by atoms with van der Waals surface area (Å²) >= 11 is 11.5. The molecule has 4 nitrogen and oxygen atoms in total. The van der Waals surface area contributed by atoms with Crippen LogP contribution >= 0.6 is 23.2 Å². The van der Waals surface area contributed by atoms with Crippen molar-refractivity contribution in [2.75, 3.05) is 5.32 Å². The van der Waals surface area contributed by atoms with Crippen LogP contribution in [0.1, 0.15) is 13.3 Å². The van der Waals surface area contributed by atoms with Gasteiger partial charge in [0.1, 0.15) is 11.3 Å². The van der Waals surface area contributed by atoms with Gasteiger partial charge in [-0.1, -0.05) is 30.1 Å². The first-order valence-electron chi connectivity index (χ1n) is 4.56. The number of nitrogens with one attached hydrogen (secondary N) is 1. The van der Waals surface area contributed by atoms with Crippen LogP contribution < -0.4 is 5.32 Å². The molecule has 0 radical (unpaired) electrons. The topological polar surface area (TPSA) is 54.9 Å². The molecule has 1 aliphatic carbocycles. The Morgan fingerprint density at radius 2 is 2.20 bits per heavy atom. The van der Waals surface area contributed by atoms with Crippen molar-refractivity contribution in [2.45, 2.75) is 13.3 Å². The normalized spacial score (nSPS) is 23.7. The fourth-order valence-electron chi connectivity index (χ4n) is 1.33. The number of carbonyl (C=O) groups is 1. The van der Waals surface area contributed by atoms with Crippen molar-refractivity contribution in [1.82, 2.24) is 9.97 Å².